The first-order valence-corrected chi connectivity index (χ1v) is 4.17. The maximum absolute atomic E-state index is 12.3. The number of nitrogens with two attached hydrogens (primary N) is 1. The molecule has 0 aliphatic carbocycles. The van der Waals surface area contributed by atoms with E-state index in [4.69, 9.17) is 22.1 Å². The summed E-state index contributed by atoms with van der Waals surface area (Å²) in [6, 6.07) is -0.113. The molecule has 1 aromatic rings. The maximum atomic E-state index is 12.3. The van der Waals surface area contributed by atoms with Crippen molar-refractivity contribution in [3.8, 4) is 5.88 Å². The molecular formula is C8H9ClF2N2O. The molecule has 1 heterocycles. The lowest BCUT2D eigenvalue weighted by molar-refractivity contribution is 0.116. The highest BCUT2D eigenvalue weighted by atomic mass is 35.5. The molecule has 1 unspecified atom stereocenters. The minimum atomic E-state index is -2.67. The molecule has 0 aromatic carbocycles. The summed E-state index contributed by atoms with van der Waals surface area (Å²) in [6.45, 7) is 0. The number of pyridine rings is 1. The smallest absolute Gasteiger partial charge is 0.257 e. The van der Waals surface area contributed by atoms with Crippen LogP contribution >= 0.6 is 11.6 Å². The van der Waals surface area contributed by atoms with Gasteiger partial charge in [-0.3, -0.25) is 0 Å². The topological polar surface area (TPSA) is 48.1 Å². The number of hydrogen-bond acceptors (Lipinski definition) is 3. The average Bonchev–Trinajstić information content (AvgIpc) is 2.17. The number of halogens is 3. The first-order valence-electron chi connectivity index (χ1n) is 3.79. The number of alkyl halides is 2. The summed E-state index contributed by atoms with van der Waals surface area (Å²) < 4.78 is 29.3. The van der Waals surface area contributed by atoms with Crippen molar-refractivity contribution in [2.24, 2.45) is 5.73 Å². The zero-order valence-electron chi connectivity index (χ0n) is 7.38. The van der Waals surface area contributed by atoms with Crippen LogP contribution < -0.4 is 10.5 Å². The van der Waals surface area contributed by atoms with E-state index in [-0.39, 0.29) is 16.5 Å². The summed E-state index contributed by atoms with van der Waals surface area (Å²) in [6.07, 6.45) is -1.43. The van der Waals surface area contributed by atoms with Crippen LogP contribution in [0.2, 0.25) is 5.02 Å². The highest BCUT2D eigenvalue weighted by Gasteiger charge is 2.21. The van der Waals surface area contributed by atoms with Crippen molar-refractivity contribution in [1.29, 1.82) is 0 Å². The monoisotopic (exact) mass is 222 g/mol. The summed E-state index contributed by atoms with van der Waals surface area (Å²) >= 11 is 5.66. The van der Waals surface area contributed by atoms with E-state index in [1.807, 2.05) is 0 Å². The highest BCUT2D eigenvalue weighted by molar-refractivity contribution is 6.31. The summed E-state index contributed by atoms with van der Waals surface area (Å²) in [5, 5.41) is 0.110. The SMILES string of the molecule is COc1cc(C(N)C(F)F)c(Cl)cn1. The van der Waals surface area contributed by atoms with E-state index in [2.05, 4.69) is 4.98 Å². The van der Waals surface area contributed by atoms with Gasteiger partial charge in [0.05, 0.1) is 18.2 Å². The fourth-order valence-corrected chi connectivity index (χ4v) is 1.17. The van der Waals surface area contributed by atoms with Gasteiger partial charge in [0.25, 0.3) is 6.43 Å². The first-order chi connectivity index (χ1) is 6.56. The number of ether oxygens (including phenoxy) is 1. The molecule has 14 heavy (non-hydrogen) atoms. The molecule has 0 aliphatic heterocycles. The number of nitrogens with zero attached hydrogens (tertiary/aromatic N) is 1. The minimum Gasteiger partial charge on any atom is -0.481 e. The van der Waals surface area contributed by atoms with Crippen molar-refractivity contribution in [3.63, 3.8) is 0 Å². The zero-order valence-corrected chi connectivity index (χ0v) is 8.13. The van der Waals surface area contributed by atoms with Crippen LogP contribution in [0.15, 0.2) is 12.3 Å². The molecule has 78 valence electrons. The number of aromatic nitrogens is 1. The van der Waals surface area contributed by atoms with Gasteiger partial charge in [-0.1, -0.05) is 11.6 Å². The van der Waals surface area contributed by atoms with Gasteiger partial charge in [-0.15, -0.1) is 0 Å². The zero-order chi connectivity index (χ0) is 10.7. The Labute approximate surface area is 84.8 Å². The lowest BCUT2D eigenvalue weighted by Crippen LogP contribution is -2.19. The molecule has 2 N–H and O–H groups in total. The third-order valence-electron chi connectivity index (χ3n) is 1.70. The standard InChI is InChI=1S/C8H9ClF2N2O/c1-14-6-2-4(5(9)3-13-6)7(12)8(10)11/h2-3,7-8H,12H2,1H3. The Hall–Kier alpha value is -0.940. The second kappa shape index (κ2) is 4.52. The number of hydrogen-bond donors (Lipinski definition) is 1. The molecule has 0 amide bonds. The molecule has 0 saturated carbocycles. The molecule has 0 aliphatic rings. The third kappa shape index (κ3) is 2.30. The molecular weight excluding hydrogens is 214 g/mol. The molecule has 6 heteroatoms. The van der Waals surface area contributed by atoms with Crippen LogP contribution in [0.1, 0.15) is 11.6 Å². The van der Waals surface area contributed by atoms with Gasteiger partial charge in [0.2, 0.25) is 5.88 Å². The molecule has 1 rings (SSSR count). The molecule has 0 saturated heterocycles. The van der Waals surface area contributed by atoms with Crippen molar-refractivity contribution in [3.05, 3.63) is 22.8 Å². The highest BCUT2D eigenvalue weighted by Crippen LogP contribution is 2.27. The Morgan fingerprint density at radius 2 is 2.21 bits per heavy atom. The largest absolute Gasteiger partial charge is 0.481 e. The van der Waals surface area contributed by atoms with E-state index in [9.17, 15) is 8.78 Å². The lowest BCUT2D eigenvalue weighted by atomic mass is 10.1. The Morgan fingerprint density at radius 1 is 1.57 bits per heavy atom. The summed E-state index contributed by atoms with van der Waals surface area (Å²) in [5.74, 6) is 0.209. The summed E-state index contributed by atoms with van der Waals surface area (Å²) in [5.41, 5.74) is 5.38. The molecule has 3 nitrogen and oxygen atoms in total. The predicted molar refractivity (Wildman–Crippen MR) is 48.7 cm³/mol. The molecule has 0 bridgehead atoms. The lowest BCUT2D eigenvalue weighted by Gasteiger charge is -2.12. The third-order valence-corrected chi connectivity index (χ3v) is 2.02. The van der Waals surface area contributed by atoms with Gasteiger partial charge in [-0.05, 0) is 0 Å². The minimum absolute atomic E-state index is 0.110. The quantitative estimate of drug-likeness (QED) is 0.851. The van der Waals surface area contributed by atoms with Crippen LogP contribution in [0.5, 0.6) is 5.88 Å². The summed E-state index contributed by atoms with van der Waals surface area (Å²) in [4.78, 5) is 3.74. The molecule has 0 fully saturated rings. The van der Waals surface area contributed by atoms with E-state index < -0.39 is 12.5 Å². The van der Waals surface area contributed by atoms with Crippen LogP contribution in [0.3, 0.4) is 0 Å². The van der Waals surface area contributed by atoms with Gasteiger partial charge >= 0.3 is 0 Å². The van der Waals surface area contributed by atoms with E-state index >= 15 is 0 Å². The van der Waals surface area contributed by atoms with Gasteiger partial charge in [-0.2, -0.15) is 0 Å². The van der Waals surface area contributed by atoms with Crippen LogP contribution in [0.4, 0.5) is 8.78 Å². The number of rotatable bonds is 3. The molecule has 1 atom stereocenters. The fourth-order valence-electron chi connectivity index (χ4n) is 0.937. The second-order valence-corrected chi connectivity index (χ2v) is 3.02. The molecule has 0 spiro atoms. The second-order valence-electron chi connectivity index (χ2n) is 2.61. The van der Waals surface area contributed by atoms with Crippen molar-refractivity contribution < 1.29 is 13.5 Å². The fraction of sp³-hybridized carbons (Fsp3) is 0.375. The average molecular weight is 223 g/mol. The van der Waals surface area contributed by atoms with E-state index in [1.165, 1.54) is 19.4 Å². The van der Waals surface area contributed by atoms with Gasteiger partial charge < -0.3 is 10.5 Å². The van der Waals surface area contributed by atoms with Crippen LogP contribution in [0, 0.1) is 0 Å². The van der Waals surface area contributed by atoms with Crippen molar-refractivity contribution in [2.75, 3.05) is 7.11 Å². The Balaban J connectivity index is 3.05. The van der Waals surface area contributed by atoms with Gasteiger partial charge in [0.15, 0.2) is 0 Å². The van der Waals surface area contributed by atoms with E-state index in [1.54, 1.807) is 0 Å². The van der Waals surface area contributed by atoms with Gasteiger partial charge in [-0.25, -0.2) is 13.8 Å². The first kappa shape index (κ1) is 11.1. The molecule has 1 aromatic heterocycles. The van der Waals surface area contributed by atoms with Gasteiger partial charge in [0.1, 0.15) is 0 Å². The Bertz CT molecular complexity index is 322. The Morgan fingerprint density at radius 3 is 2.71 bits per heavy atom. The van der Waals surface area contributed by atoms with E-state index in [0.717, 1.165) is 0 Å². The van der Waals surface area contributed by atoms with E-state index in [0.29, 0.717) is 0 Å². The van der Waals surface area contributed by atoms with Crippen molar-refractivity contribution >= 4 is 11.6 Å². The maximum Gasteiger partial charge on any atom is 0.257 e. The van der Waals surface area contributed by atoms with Crippen molar-refractivity contribution in [1.82, 2.24) is 4.98 Å². The number of methoxy groups -OCH3 is 1. The van der Waals surface area contributed by atoms with Crippen molar-refractivity contribution in [2.45, 2.75) is 12.5 Å². The Kier molecular flexibility index (Phi) is 3.60. The normalized spacial score (nSPS) is 13.0. The van der Waals surface area contributed by atoms with Gasteiger partial charge in [0, 0.05) is 17.8 Å². The van der Waals surface area contributed by atoms with Crippen LogP contribution in [-0.4, -0.2) is 18.5 Å². The molecule has 0 radical (unpaired) electrons. The predicted octanol–water partition coefficient (Wildman–Crippen LogP) is 2.01. The van der Waals surface area contributed by atoms with Crippen LogP contribution in [0.25, 0.3) is 0 Å². The van der Waals surface area contributed by atoms with Crippen LogP contribution in [-0.2, 0) is 0 Å². The summed E-state index contributed by atoms with van der Waals surface area (Å²) in [7, 11) is 1.38.